The number of alkyl halides is 2. The Morgan fingerprint density at radius 1 is 1.42 bits per heavy atom. The highest BCUT2D eigenvalue weighted by atomic mass is 19.3. The van der Waals surface area contributed by atoms with E-state index in [-0.39, 0.29) is 0 Å². The molecule has 0 heterocycles. The van der Waals surface area contributed by atoms with Crippen LogP contribution in [-0.4, -0.2) is 25.0 Å². The Hall–Kier alpha value is -1.82. The highest BCUT2D eigenvalue weighted by molar-refractivity contribution is 5.72. The number of rotatable bonds is 5. The van der Waals surface area contributed by atoms with Crippen LogP contribution in [0.2, 0.25) is 0 Å². The number of methoxy groups -OCH3 is 1. The van der Waals surface area contributed by atoms with Crippen LogP contribution in [0.4, 0.5) is 13.2 Å². The van der Waals surface area contributed by atoms with Gasteiger partial charge in [-0.15, -0.1) is 0 Å². The number of hydrogen-bond donors (Lipinski definition) is 1. The van der Waals surface area contributed by atoms with E-state index in [1.54, 1.807) is 0 Å². The molecule has 3 nitrogen and oxygen atoms in total. The third kappa shape index (κ3) is 4.40. The molecule has 0 fully saturated rings. The van der Waals surface area contributed by atoms with E-state index in [9.17, 15) is 18.0 Å². The van der Waals surface area contributed by atoms with Crippen LogP contribution in [0.15, 0.2) is 30.3 Å². The zero-order chi connectivity index (χ0) is 14.5. The molecular formula is C13H14F3NO2. The zero-order valence-corrected chi connectivity index (χ0v) is 10.3. The Labute approximate surface area is 108 Å². The number of ether oxygens (including phenoxy) is 1. The van der Waals surface area contributed by atoms with E-state index in [1.807, 2.05) is 0 Å². The average molecular weight is 273 g/mol. The molecule has 0 saturated carbocycles. The van der Waals surface area contributed by atoms with Crippen molar-refractivity contribution >= 4 is 12.0 Å². The number of hydrogen-bond acceptors (Lipinski definition) is 3. The van der Waals surface area contributed by atoms with Gasteiger partial charge in [0.15, 0.2) is 0 Å². The van der Waals surface area contributed by atoms with E-state index < -0.39 is 30.2 Å². The van der Waals surface area contributed by atoms with Crippen molar-refractivity contribution in [2.75, 3.05) is 7.11 Å². The van der Waals surface area contributed by atoms with E-state index in [1.165, 1.54) is 30.3 Å². The van der Waals surface area contributed by atoms with Gasteiger partial charge in [0.25, 0.3) is 6.43 Å². The van der Waals surface area contributed by atoms with Crippen LogP contribution in [0.1, 0.15) is 12.0 Å². The minimum Gasteiger partial charge on any atom is -0.469 e. The molecular weight excluding hydrogens is 259 g/mol. The standard InChI is InChI=1S/C13H14F3NO2/c1-19-11(18)8-13(17,12(15)16)7-6-9-2-4-10(14)5-3-9/h2-7,12H,8,17H2,1H3/b7-6+. The van der Waals surface area contributed by atoms with Crippen LogP contribution in [0.5, 0.6) is 0 Å². The molecule has 1 rings (SSSR count). The van der Waals surface area contributed by atoms with E-state index in [2.05, 4.69) is 4.74 Å². The molecule has 1 unspecified atom stereocenters. The largest absolute Gasteiger partial charge is 0.469 e. The number of carbonyl (C=O) groups excluding carboxylic acids is 1. The van der Waals surface area contributed by atoms with E-state index in [4.69, 9.17) is 5.73 Å². The number of carbonyl (C=O) groups is 1. The lowest BCUT2D eigenvalue weighted by Gasteiger charge is -2.23. The van der Waals surface area contributed by atoms with Crippen LogP contribution in [-0.2, 0) is 9.53 Å². The number of halogens is 3. The maximum atomic E-state index is 12.9. The number of benzene rings is 1. The number of esters is 1. The van der Waals surface area contributed by atoms with Gasteiger partial charge in [-0.3, -0.25) is 4.79 Å². The van der Waals surface area contributed by atoms with Gasteiger partial charge < -0.3 is 10.5 Å². The second-order valence-electron chi connectivity index (χ2n) is 4.05. The first kappa shape index (κ1) is 15.2. The van der Waals surface area contributed by atoms with Crippen molar-refractivity contribution in [3.8, 4) is 0 Å². The van der Waals surface area contributed by atoms with Crippen LogP contribution in [0.25, 0.3) is 6.08 Å². The van der Waals surface area contributed by atoms with Gasteiger partial charge in [-0.1, -0.05) is 24.3 Å². The fourth-order valence-corrected chi connectivity index (χ4v) is 1.36. The summed E-state index contributed by atoms with van der Waals surface area (Å²) < 4.78 is 42.8. The molecule has 1 aromatic rings. The summed E-state index contributed by atoms with van der Waals surface area (Å²) in [5.74, 6) is -1.26. The summed E-state index contributed by atoms with van der Waals surface area (Å²) in [6.07, 6.45) is -1.22. The lowest BCUT2D eigenvalue weighted by Crippen LogP contribution is -2.47. The lowest BCUT2D eigenvalue weighted by atomic mass is 9.95. The normalized spacial score (nSPS) is 14.6. The summed E-state index contributed by atoms with van der Waals surface area (Å²) in [6, 6.07) is 5.22. The van der Waals surface area contributed by atoms with Crippen molar-refractivity contribution in [3.63, 3.8) is 0 Å². The van der Waals surface area contributed by atoms with Gasteiger partial charge >= 0.3 is 5.97 Å². The molecule has 19 heavy (non-hydrogen) atoms. The lowest BCUT2D eigenvalue weighted by molar-refractivity contribution is -0.143. The Balaban J connectivity index is 2.88. The smallest absolute Gasteiger partial charge is 0.307 e. The van der Waals surface area contributed by atoms with Crippen molar-refractivity contribution in [2.24, 2.45) is 5.73 Å². The first-order valence-corrected chi connectivity index (χ1v) is 5.46. The van der Waals surface area contributed by atoms with Gasteiger partial charge in [-0.05, 0) is 17.7 Å². The van der Waals surface area contributed by atoms with Crippen LogP contribution in [0, 0.1) is 5.82 Å². The predicted molar refractivity (Wildman–Crippen MR) is 65.0 cm³/mol. The summed E-state index contributed by atoms with van der Waals surface area (Å²) in [5, 5.41) is 0. The van der Waals surface area contributed by atoms with Gasteiger partial charge in [-0.2, -0.15) is 0 Å². The Morgan fingerprint density at radius 2 is 2.00 bits per heavy atom. The minimum atomic E-state index is -2.93. The van der Waals surface area contributed by atoms with Crippen molar-refractivity contribution < 1.29 is 22.7 Å². The van der Waals surface area contributed by atoms with Crippen molar-refractivity contribution in [1.82, 2.24) is 0 Å². The van der Waals surface area contributed by atoms with Crippen LogP contribution >= 0.6 is 0 Å². The topological polar surface area (TPSA) is 52.3 Å². The van der Waals surface area contributed by atoms with E-state index in [0.717, 1.165) is 13.2 Å². The summed E-state index contributed by atoms with van der Waals surface area (Å²) in [4.78, 5) is 11.1. The average Bonchev–Trinajstić information content (AvgIpc) is 2.37. The summed E-state index contributed by atoms with van der Waals surface area (Å²) in [7, 11) is 1.10. The van der Waals surface area contributed by atoms with Gasteiger partial charge in [0.05, 0.1) is 13.5 Å². The van der Waals surface area contributed by atoms with Crippen molar-refractivity contribution in [1.29, 1.82) is 0 Å². The summed E-state index contributed by atoms with van der Waals surface area (Å²) in [6.45, 7) is 0. The molecule has 0 aromatic heterocycles. The van der Waals surface area contributed by atoms with Crippen LogP contribution < -0.4 is 5.73 Å². The molecule has 2 N–H and O–H groups in total. The van der Waals surface area contributed by atoms with E-state index in [0.29, 0.717) is 5.56 Å². The van der Waals surface area contributed by atoms with Gasteiger partial charge in [0.1, 0.15) is 11.4 Å². The molecule has 0 saturated heterocycles. The Kier molecular flexibility index (Phi) is 5.11. The molecule has 0 radical (unpaired) electrons. The Morgan fingerprint density at radius 3 is 2.47 bits per heavy atom. The van der Waals surface area contributed by atoms with Gasteiger partial charge in [0, 0.05) is 0 Å². The van der Waals surface area contributed by atoms with Crippen molar-refractivity contribution in [2.45, 2.75) is 18.4 Å². The predicted octanol–water partition coefficient (Wildman–Crippen LogP) is 2.36. The third-order valence-corrected chi connectivity index (χ3v) is 2.54. The van der Waals surface area contributed by atoms with Crippen molar-refractivity contribution in [3.05, 3.63) is 41.7 Å². The molecule has 6 heteroatoms. The molecule has 0 amide bonds. The number of nitrogens with two attached hydrogens (primary N) is 1. The molecule has 104 valence electrons. The maximum Gasteiger partial charge on any atom is 0.307 e. The van der Waals surface area contributed by atoms with Gasteiger partial charge in [-0.25, -0.2) is 13.2 Å². The minimum absolute atomic E-state index is 0.431. The molecule has 0 spiro atoms. The molecule has 0 aliphatic carbocycles. The van der Waals surface area contributed by atoms with Crippen LogP contribution in [0.3, 0.4) is 0 Å². The summed E-state index contributed by atoms with van der Waals surface area (Å²) >= 11 is 0. The summed E-state index contributed by atoms with van der Waals surface area (Å²) in [5.41, 5.74) is 3.88. The maximum absolute atomic E-state index is 12.9. The zero-order valence-electron chi connectivity index (χ0n) is 10.3. The highest BCUT2D eigenvalue weighted by Crippen LogP contribution is 2.21. The van der Waals surface area contributed by atoms with E-state index >= 15 is 0 Å². The quantitative estimate of drug-likeness (QED) is 0.838. The molecule has 1 aromatic carbocycles. The first-order chi connectivity index (χ1) is 8.87. The van der Waals surface area contributed by atoms with Gasteiger partial charge in [0.2, 0.25) is 0 Å². The third-order valence-electron chi connectivity index (χ3n) is 2.54. The molecule has 1 atom stereocenters. The molecule has 0 aliphatic heterocycles. The second kappa shape index (κ2) is 6.38. The Bertz CT molecular complexity index is 459. The SMILES string of the molecule is COC(=O)CC(N)(/C=C/c1ccc(F)cc1)C(F)F. The fourth-order valence-electron chi connectivity index (χ4n) is 1.36. The highest BCUT2D eigenvalue weighted by Gasteiger charge is 2.36. The fraction of sp³-hybridized carbons (Fsp3) is 0.308. The first-order valence-electron chi connectivity index (χ1n) is 5.46. The monoisotopic (exact) mass is 273 g/mol. The molecule has 0 bridgehead atoms. The second-order valence-corrected chi connectivity index (χ2v) is 4.05. The molecule has 0 aliphatic rings.